The zero-order chi connectivity index (χ0) is 12.0. The van der Waals surface area contributed by atoms with E-state index in [9.17, 15) is 5.11 Å². The molecule has 0 spiro atoms. The molecule has 2 N–H and O–H groups in total. The summed E-state index contributed by atoms with van der Waals surface area (Å²) in [4.78, 5) is 0. The molecule has 2 rings (SSSR count). The van der Waals surface area contributed by atoms with Gasteiger partial charge in [0.05, 0.1) is 0 Å². The van der Waals surface area contributed by atoms with E-state index >= 15 is 0 Å². The maximum absolute atomic E-state index is 9.69. The number of aliphatic hydroxyl groups excluding tert-OH is 1. The molecule has 0 aliphatic heterocycles. The topological polar surface area (TPSA) is 32.3 Å². The zero-order valence-corrected chi connectivity index (χ0v) is 11.2. The maximum Gasteiger partial charge on any atom is 0.0499 e. The molecule has 100 valence electrons. The normalized spacial score (nSPS) is 26.6. The molecule has 0 atom stereocenters. The van der Waals surface area contributed by atoms with Gasteiger partial charge in [0.15, 0.2) is 0 Å². The number of hydrogen-bond donors (Lipinski definition) is 2. The van der Waals surface area contributed by atoms with Crippen molar-refractivity contribution in [1.82, 2.24) is 5.32 Å². The third-order valence-electron chi connectivity index (χ3n) is 4.87. The van der Waals surface area contributed by atoms with Crippen molar-refractivity contribution in [3.8, 4) is 0 Å². The largest absolute Gasteiger partial charge is 0.396 e. The van der Waals surface area contributed by atoms with Gasteiger partial charge in [-0.1, -0.05) is 44.9 Å². The molecule has 17 heavy (non-hydrogen) atoms. The fourth-order valence-electron chi connectivity index (χ4n) is 3.54. The number of nitrogens with one attached hydrogen (secondary N) is 1. The summed E-state index contributed by atoms with van der Waals surface area (Å²) in [6, 6.07) is 0.725. The van der Waals surface area contributed by atoms with E-state index in [-0.39, 0.29) is 5.41 Å². The minimum Gasteiger partial charge on any atom is -0.396 e. The molecular weight excluding hydrogens is 210 g/mol. The van der Waals surface area contributed by atoms with Crippen molar-refractivity contribution in [1.29, 1.82) is 0 Å². The minimum atomic E-state index is 0.213. The van der Waals surface area contributed by atoms with Crippen LogP contribution in [0.5, 0.6) is 0 Å². The van der Waals surface area contributed by atoms with Crippen molar-refractivity contribution in [2.45, 2.75) is 76.7 Å². The summed E-state index contributed by atoms with van der Waals surface area (Å²) in [6.07, 6.45) is 14.8. The fraction of sp³-hybridized carbons (Fsp3) is 1.00. The second kappa shape index (κ2) is 6.75. The third-order valence-corrected chi connectivity index (χ3v) is 4.87. The molecule has 2 fully saturated rings. The van der Waals surface area contributed by atoms with Crippen LogP contribution in [0.25, 0.3) is 0 Å². The van der Waals surface area contributed by atoms with Crippen molar-refractivity contribution in [2.75, 3.05) is 13.2 Å². The lowest BCUT2D eigenvalue weighted by Crippen LogP contribution is -2.43. The Morgan fingerprint density at radius 1 is 0.882 bits per heavy atom. The smallest absolute Gasteiger partial charge is 0.0499 e. The first kappa shape index (κ1) is 13.4. The van der Waals surface area contributed by atoms with Crippen LogP contribution in [0.3, 0.4) is 0 Å². The second-order valence-corrected chi connectivity index (χ2v) is 6.29. The summed E-state index contributed by atoms with van der Waals surface area (Å²) in [6.45, 7) is 1.43. The summed E-state index contributed by atoms with van der Waals surface area (Å²) in [5, 5.41) is 13.4. The van der Waals surface area contributed by atoms with Crippen molar-refractivity contribution < 1.29 is 5.11 Å². The van der Waals surface area contributed by atoms with Crippen LogP contribution in [0.15, 0.2) is 0 Å². The second-order valence-electron chi connectivity index (χ2n) is 6.29. The minimum absolute atomic E-state index is 0.213. The van der Waals surface area contributed by atoms with Crippen LogP contribution in [0.2, 0.25) is 0 Å². The van der Waals surface area contributed by atoms with Gasteiger partial charge in [-0.3, -0.25) is 0 Å². The van der Waals surface area contributed by atoms with Crippen LogP contribution in [-0.2, 0) is 0 Å². The van der Waals surface area contributed by atoms with E-state index in [0.717, 1.165) is 12.6 Å². The highest BCUT2D eigenvalue weighted by Crippen LogP contribution is 2.35. The van der Waals surface area contributed by atoms with Gasteiger partial charge in [-0.05, 0) is 25.7 Å². The molecule has 2 nitrogen and oxygen atoms in total. The molecule has 0 aromatic heterocycles. The lowest BCUT2D eigenvalue weighted by molar-refractivity contribution is 0.0776. The lowest BCUT2D eigenvalue weighted by Gasteiger charge is -2.37. The Balaban J connectivity index is 1.77. The van der Waals surface area contributed by atoms with Gasteiger partial charge in [-0.25, -0.2) is 0 Å². The standard InChI is InChI=1S/C15H29NO/c17-13-15(10-6-3-7-11-15)12-16-14-8-4-1-2-5-9-14/h14,16-17H,1-13H2. The van der Waals surface area contributed by atoms with Crippen LogP contribution in [-0.4, -0.2) is 24.3 Å². The highest BCUT2D eigenvalue weighted by atomic mass is 16.3. The van der Waals surface area contributed by atoms with E-state index in [0.29, 0.717) is 6.61 Å². The highest BCUT2D eigenvalue weighted by molar-refractivity contribution is 4.86. The van der Waals surface area contributed by atoms with Crippen LogP contribution in [0, 0.1) is 5.41 Å². The van der Waals surface area contributed by atoms with Gasteiger partial charge in [0.25, 0.3) is 0 Å². The van der Waals surface area contributed by atoms with Crippen molar-refractivity contribution in [3.63, 3.8) is 0 Å². The molecule has 2 aliphatic rings. The Morgan fingerprint density at radius 3 is 2.06 bits per heavy atom. The van der Waals surface area contributed by atoms with Crippen molar-refractivity contribution >= 4 is 0 Å². The van der Waals surface area contributed by atoms with Gasteiger partial charge in [0.1, 0.15) is 0 Å². The molecule has 2 aliphatic carbocycles. The van der Waals surface area contributed by atoms with Crippen LogP contribution >= 0.6 is 0 Å². The molecule has 0 radical (unpaired) electrons. The first-order valence-corrected chi connectivity index (χ1v) is 7.69. The molecule has 0 unspecified atom stereocenters. The molecular formula is C15H29NO. The summed E-state index contributed by atoms with van der Waals surface area (Å²) in [5.74, 6) is 0. The summed E-state index contributed by atoms with van der Waals surface area (Å²) < 4.78 is 0. The lowest BCUT2D eigenvalue weighted by atomic mass is 9.74. The quantitative estimate of drug-likeness (QED) is 0.738. The first-order valence-electron chi connectivity index (χ1n) is 7.69. The van der Waals surface area contributed by atoms with Crippen molar-refractivity contribution in [3.05, 3.63) is 0 Å². The van der Waals surface area contributed by atoms with Gasteiger partial charge in [0.2, 0.25) is 0 Å². The fourth-order valence-corrected chi connectivity index (χ4v) is 3.54. The summed E-state index contributed by atoms with van der Waals surface area (Å²) in [5.41, 5.74) is 0.213. The predicted molar refractivity (Wildman–Crippen MR) is 72.1 cm³/mol. The maximum atomic E-state index is 9.69. The van der Waals surface area contributed by atoms with E-state index in [1.54, 1.807) is 0 Å². The average Bonchev–Trinajstić information content (AvgIpc) is 2.66. The number of hydrogen-bond acceptors (Lipinski definition) is 2. The van der Waals surface area contributed by atoms with Gasteiger partial charge in [0, 0.05) is 24.6 Å². The zero-order valence-electron chi connectivity index (χ0n) is 11.2. The average molecular weight is 239 g/mol. The SMILES string of the molecule is OCC1(CNC2CCCCCC2)CCCCC1. The molecule has 0 aromatic rings. The molecule has 0 saturated heterocycles. The Hall–Kier alpha value is -0.0800. The molecule has 0 aromatic carbocycles. The van der Waals surface area contributed by atoms with Crippen LogP contribution in [0.1, 0.15) is 70.6 Å². The number of aliphatic hydroxyl groups is 1. The Labute approximate surface area is 106 Å². The monoisotopic (exact) mass is 239 g/mol. The van der Waals surface area contributed by atoms with Gasteiger partial charge >= 0.3 is 0 Å². The molecule has 2 saturated carbocycles. The first-order chi connectivity index (χ1) is 8.35. The van der Waals surface area contributed by atoms with Crippen LogP contribution in [0.4, 0.5) is 0 Å². The molecule has 0 heterocycles. The summed E-state index contributed by atoms with van der Waals surface area (Å²) in [7, 11) is 0. The Bertz CT molecular complexity index is 203. The third kappa shape index (κ3) is 3.96. The molecule has 0 bridgehead atoms. The highest BCUT2D eigenvalue weighted by Gasteiger charge is 2.31. The molecule has 2 heteroatoms. The molecule has 0 amide bonds. The van der Waals surface area contributed by atoms with Crippen LogP contribution < -0.4 is 5.32 Å². The van der Waals surface area contributed by atoms with Crippen molar-refractivity contribution in [2.24, 2.45) is 5.41 Å². The van der Waals surface area contributed by atoms with E-state index in [1.807, 2.05) is 0 Å². The van der Waals surface area contributed by atoms with E-state index < -0.39 is 0 Å². The van der Waals surface area contributed by atoms with E-state index in [2.05, 4.69) is 5.32 Å². The van der Waals surface area contributed by atoms with Gasteiger partial charge in [-0.15, -0.1) is 0 Å². The van der Waals surface area contributed by atoms with E-state index in [1.165, 1.54) is 70.6 Å². The predicted octanol–water partition coefficient (Wildman–Crippen LogP) is 3.24. The van der Waals surface area contributed by atoms with Gasteiger partial charge < -0.3 is 10.4 Å². The summed E-state index contributed by atoms with van der Waals surface area (Å²) >= 11 is 0. The Kier molecular flexibility index (Phi) is 5.30. The Morgan fingerprint density at radius 2 is 1.47 bits per heavy atom. The van der Waals surface area contributed by atoms with Gasteiger partial charge in [-0.2, -0.15) is 0 Å². The number of rotatable bonds is 4. The van der Waals surface area contributed by atoms with E-state index in [4.69, 9.17) is 0 Å².